The van der Waals surface area contributed by atoms with Gasteiger partial charge in [-0.25, -0.2) is 9.37 Å². The second-order valence-electron chi connectivity index (χ2n) is 3.85. The van der Waals surface area contributed by atoms with Crippen molar-refractivity contribution in [2.75, 3.05) is 11.1 Å². The number of pyridine rings is 1. The second-order valence-corrected chi connectivity index (χ2v) is 3.85. The number of anilines is 2. The van der Waals surface area contributed by atoms with Crippen LogP contribution in [0.25, 0.3) is 0 Å². The molecule has 2 aromatic rings. The predicted molar refractivity (Wildman–Crippen MR) is 67.7 cm³/mol. The van der Waals surface area contributed by atoms with E-state index in [0.29, 0.717) is 11.3 Å². The van der Waals surface area contributed by atoms with E-state index in [4.69, 9.17) is 5.73 Å². The highest BCUT2D eigenvalue weighted by Gasteiger charge is 2.12. The van der Waals surface area contributed by atoms with Gasteiger partial charge in [0.25, 0.3) is 5.91 Å². The van der Waals surface area contributed by atoms with E-state index in [9.17, 15) is 9.18 Å². The third-order valence-electron chi connectivity index (χ3n) is 2.52. The number of amides is 1. The SMILES string of the molecule is Cc1ccc(F)cc1C(=O)Nc1ncccc1N. The lowest BCUT2D eigenvalue weighted by atomic mass is 10.1. The number of nitrogen functional groups attached to an aromatic ring is 1. The lowest BCUT2D eigenvalue weighted by Crippen LogP contribution is -2.15. The van der Waals surface area contributed by atoms with Crippen molar-refractivity contribution < 1.29 is 9.18 Å². The number of nitrogens with one attached hydrogen (secondary N) is 1. The van der Waals surface area contributed by atoms with Crippen LogP contribution in [0.15, 0.2) is 36.5 Å². The topological polar surface area (TPSA) is 68.0 Å². The highest BCUT2D eigenvalue weighted by Crippen LogP contribution is 2.16. The number of aryl methyl sites for hydroxylation is 1. The standard InChI is InChI=1S/C13H12FN3O/c1-8-4-5-9(14)7-10(8)13(18)17-12-11(15)3-2-6-16-12/h2-7H,15H2,1H3,(H,16,17,18). The molecule has 0 aliphatic rings. The van der Waals surface area contributed by atoms with E-state index in [2.05, 4.69) is 10.3 Å². The lowest BCUT2D eigenvalue weighted by molar-refractivity contribution is 0.102. The van der Waals surface area contributed by atoms with Crippen molar-refractivity contribution in [3.05, 3.63) is 53.5 Å². The fourth-order valence-corrected chi connectivity index (χ4v) is 1.54. The highest BCUT2D eigenvalue weighted by atomic mass is 19.1. The van der Waals surface area contributed by atoms with Crippen LogP contribution < -0.4 is 11.1 Å². The number of hydrogen-bond acceptors (Lipinski definition) is 3. The fourth-order valence-electron chi connectivity index (χ4n) is 1.54. The molecule has 1 amide bonds. The van der Waals surface area contributed by atoms with Gasteiger partial charge in [-0.2, -0.15) is 0 Å². The van der Waals surface area contributed by atoms with E-state index < -0.39 is 11.7 Å². The van der Waals surface area contributed by atoms with Crippen LogP contribution in [0.3, 0.4) is 0 Å². The number of hydrogen-bond donors (Lipinski definition) is 2. The molecule has 0 bridgehead atoms. The maximum Gasteiger partial charge on any atom is 0.257 e. The molecular weight excluding hydrogens is 233 g/mol. The summed E-state index contributed by atoms with van der Waals surface area (Å²) >= 11 is 0. The Bertz CT molecular complexity index is 599. The molecule has 0 atom stereocenters. The molecule has 2 rings (SSSR count). The van der Waals surface area contributed by atoms with Crippen molar-refractivity contribution in [2.45, 2.75) is 6.92 Å². The van der Waals surface area contributed by atoms with Gasteiger partial charge < -0.3 is 11.1 Å². The van der Waals surface area contributed by atoms with E-state index in [0.717, 1.165) is 0 Å². The van der Waals surface area contributed by atoms with Crippen molar-refractivity contribution >= 4 is 17.4 Å². The summed E-state index contributed by atoms with van der Waals surface area (Å²) in [4.78, 5) is 15.9. The first kappa shape index (κ1) is 12.0. The van der Waals surface area contributed by atoms with Crippen molar-refractivity contribution in [3.63, 3.8) is 0 Å². The van der Waals surface area contributed by atoms with Crippen LogP contribution >= 0.6 is 0 Å². The average Bonchev–Trinajstić information content (AvgIpc) is 2.35. The highest BCUT2D eigenvalue weighted by molar-refractivity contribution is 6.05. The minimum atomic E-state index is -0.459. The van der Waals surface area contributed by atoms with Gasteiger partial charge >= 0.3 is 0 Å². The summed E-state index contributed by atoms with van der Waals surface area (Å²) < 4.78 is 13.1. The van der Waals surface area contributed by atoms with E-state index in [1.165, 1.54) is 18.3 Å². The summed E-state index contributed by atoms with van der Waals surface area (Å²) in [6, 6.07) is 7.33. The number of carbonyl (C=O) groups is 1. The molecule has 1 aromatic heterocycles. The molecule has 1 heterocycles. The van der Waals surface area contributed by atoms with Crippen LogP contribution in [0.5, 0.6) is 0 Å². The largest absolute Gasteiger partial charge is 0.396 e. The monoisotopic (exact) mass is 245 g/mol. The maximum atomic E-state index is 13.1. The molecule has 0 unspecified atom stereocenters. The average molecular weight is 245 g/mol. The van der Waals surface area contributed by atoms with Crippen LogP contribution in [0.4, 0.5) is 15.9 Å². The number of rotatable bonds is 2. The number of carbonyl (C=O) groups excluding carboxylic acids is 1. The molecule has 0 spiro atoms. The third-order valence-corrected chi connectivity index (χ3v) is 2.52. The van der Waals surface area contributed by atoms with Gasteiger partial charge in [0.05, 0.1) is 5.69 Å². The summed E-state index contributed by atoms with van der Waals surface area (Å²) in [7, 11) is 0. The first-order chi connectivity index (χ1) is 8.58. The maximum absolute atomic E-state index is 13.1. The quantitative estimate of drug-likeness (QED) is 0.853. The Kier molecular flexibility index (Phi) is 3.23. The Morgan fingerprint density at radius 1 is 1.39 bits per heavy atom. The Labute approximate surface area is 104 Å². The smallest absolute Gasteiger partial charge is 0.257 e. The van der Waals surface area contributed by atoms with Crippen LogP contribution in [0.1, 0.15) is 15.9 Å². The lowest BCUT2D eigenvalue weighted by Gasteiger charge is -2.08. The summed E-state index contributed by atoms with van der Waals surface area (Å²) in [5.41, 5.74) is 6.97. The summed E-state index contributed by atoms with van der Waals surface area (Å²) in [5.74, 6) is -0.622. The fraction of sp³-hybridized carbons (Fsp3) is 0.0769. The van der Waals surface area contributed by atoms with Gasteiger partial charge in [-0.05, 0) is 36.8 Å². The van der Waals surface area contributed by atoms with Crippen molar-refractivity contribution in [1.29, 1.82) is 0 Å². The van der Waals surface area contributed by atoms with Gasteiger partial charge in [-0.15, -0.1) is 0 Å². The van der Waals surface area contributed by atoms with Gasteiger partial charge in [0.2, 0.25) is 0 Å². The Balaban J connectivity index is 2.28. The molecule has 0 radical (unpaired) electrons. The minimum Gasteiger partial charge on any atom is -0.396 e. The van der Waals surface area contributed by atoms with Crippen molar-refractivity contribution in [1.82, 2.24) is 4.98 Å². The van der Waals surface area contributed by atoms with E-state index in [1.54, 1.807) is 25.1 Å². The van der Waals surface area contributed by atoms with Crippen molar-refractivity contribution in [2.24, 2.45) is 0 Å². The zero-order valence-corrected chi connectivity index (χ0v) is 9.77. The first-order valence-electron chi connectivity index (χ1n) is 5.36. The van der Waals surface area contributed by atoms with Crippen LogP contribution in [0.2, 0.25) is 0 Å². The zero-order chi connectivity index (χ0) is 13.1. The van der Waals surface area contributed by atoms with Crippen LogP contribution in [-0.4, -0.2) is 10.9 Å². The zero-order valence-electron chi connectivity index (χ0n) is 9.77. The summed E-state index contributed by atoms with van der Waals surface area (Å²) in [6.45, 7) is 1.73. The number of halogens is 1. The van der Waals surface area contributed by atoms with E-state index in [-0.39, 0.29) is 11.4 Å². The first-order valence-corrected chi connectivity index (χ1v) is 5.36. The number of nitrogens with zero attached hydrogens (tertiary/aromatic N) is 1. The Morgan fingerprint density at radius 2 is 2.17 bits per heavy atom. The Morgan fingerprint density at radius 3 is 2.89 bits per heavy atom. The molecule has 0 aliphatic heterocycles. The molecule has 0 aliphatic carbocycles. The van der Waals surface area contributed by atoms with Gasteiger partial charge in [-0.3, -0.25) is 4.79 Å². The number of aromatic nitrogens is 1. The van der Waals surface area contributed by atoms with Gasteiger partial charge in [0, 0.05) is 11.8 Å². The number of benzene rings is 1. The molecule has 4 nitrogen and oxygen atoms in total. The second kappa shape index (κ2) is 4.83. The normalized spacial score (nSPS) is 10.1. The molecule has 3 N–H and O–H groups in total. The molecule has 18 heavy (non-hydrogen) atoms. The van der Waals surface area contributed by atoms with Gasteiger partial charge in [-0.1, -0.05) is 6.07 Å². The van der Waals surface area contributed by atoms with E-state index >= 15 is 0 Å². The Hall–Kier alpha value is -2.43. The molecule has 0 fully saturated rings. The summed E-state index contributed by atoms with van der Waals surface area (Å²) in [6.07, 6.45) is 1.52. The van der Waals surface area contributed by atoms with Crippen LogP contribution in [-0.2, 0) is 0 Å². The molecule has 0 saturated heterocycles. The van der Waals surface area contributed by atoms with E-state index in [1.807, 2.05) is 0 Å². The number of nitrogens with two attached hydrogens (primary N) is 1. The molecule has 1 aromatic carbocycles. The van der Waals surface area contributed by atoms with Crippen molar-refractivity contribution in [3.8, 4) is 0 Å². The van der Waals surface area contributed by atoms with Crippen LogP contribution in [0, 0.1) is 12.7 Å². The molecule has 5 heteroatoms. The van der Waals surface area contributed by atoms with Gasteiger partial charge in [0.1, 0.15) is 5.82 Å². The molecule has 92 valence electrons. The predicted octanol–water partition coefficient (Wildman–Crippen LogP) is 2.36. The molecule has 0 saturated carbocycles. The summed E-state index contributed by atoms with van der Waals surface area (Å²) in [5, 5.41) is 2.55. The third kappa shape index (κ3) is 2.45. The van der Waals surface area contributed by atoms with Gasteiger partial charge in [0.15, 0.2) is 5.82 Å². The molecular formula is C13H12FN3O. The minimum absolute atomic E-state index is 0.264.